The summed E-state index contributed by atoms with van der Waals surface area (Å²) in [4.78, 5) is 1.32. The molecule has 1 aromatic carbocycles. The Morgan fingerprint density at radius 3 is 2.75 bits per heavy atom. The molecule has 0 saturated heterocycles. The molecule has 0 bridgehead atoms. The van der Waals surface area contributed by atoms with Crippen molar-refractivity contribution in [3.05, 3.63) is 53.0 Å². The summed E-state index contributed by atoms with van der Waals surface area (Å²) in [7, 11) is 1.95. The summed E-state index contributed by atoms with van der Waals surface area (Å²) in [5.41, 5.74) is 2.14. The fourth-order valence-electron chi connectivity index (χ4n) is 2.17. The normalized spacial score (nSPS) is 12.3. The summed E-state index contributed by atoms with van der Waals surface area (Å²) >= 11 is 1.76. The molecule has 3 aromatic rings. The smallest absolute Gasteiger partial charge is 0.165 e. The van der Waals surface area contributed by atoms with Gasteiger partial charge in [-0.05, 0) is 30.5 Å². The molecule has 0 saturated carbocycles. The molecule has 0 aliphatic rings. The molecular weight excluding hydrogens is 268 g/mol. The second-order valence-corrected chi connectivity index (χ2v) is 5.67. The maximum Gasteiger partial charge on any atom is 0.165 e. The van der Waals surface area contributed by atoms with Gasteiger partial charge in [-0.2, -0.15) is 0 Å². The fraction of sp³-hybridized carbons (Fsp3) is 0.200. The monoisotopic (exact) mass is 284 g/mol. The Hall–Kier alpha value is -2.14. The Kier molecular flexibility index (Phi) is 3.52. The molecule has 0 amide bonds. The van der Waals surface area contributed by atoms with E-state index in [1.54, 1.807) is 17.7 Å². The van der Waals surface area contributed by atoms with Gasteiger partial charge in [0.15, 0.2) is 5.82 Å². The van der Waals surface area contributed by atoms with Gasteiger partial charge in [-0.15, -0.1) is 21.5 Å². The summed E-state index contributed by atoms with van der Waals surface area (Å²) in [5.74, 6) is 0.867. The minimum atomic E-state index is 0.268. The van der Waals surface area contributed by atoms with Crippen molar-refractivity contribution < 1.29 is 0 Å². The third kappa shape index (κ3) is 2.44. The van der Waals surface area contributed by atoms with E-state index in [0.717, 1.165) is 17.1 Å². The van der Waals surface area contributed by atoms with E-state index in [0.29, 0.717) is 0 Å². The molecule has 0 fully saturated rings. The highest BCUT2D eigenvalue weighted by atomic mass is 32.1. The second-order valence-electron chi connectivity index (χ2n) is 4.69. The summed E-state index contributed by atoms with van der Waals surface area (Å²) in [6, 6.07) is 12.7. The molecule has 0 radical (unpaired) electrons. The third-order valence-electron chi connectivity index (χ3n) is 3.22. The van der Waals surface area contributed by atoms with Gasteiger partial charge in [-0.1, -0.05) is 18.2 Å². The summed E-state index contributed by atoms with van der Waals surface area (Å²) < 4.78 is 1.93. The number of anilines is 1. The number of benzene rings is 1. The first kappa shape index (κ1) is 12.9. The van der Waals surface area contributed by atoms with Crippen LogP contribution in [0.2, 0.25) is 0 Å². The van der Waals surface area contributed by atoms with E-state index in [-0.39, 0.29) is 6.04 Å². The number of thiophene rings is 1. The number of hydrogen-bond acceptors (Lipinski definition) is 4. The molecule has 4 nitrogen and oxygen atoms in total. The van der Waals surface area contributed by atoms with Crippen LogP contribution < -0.4 is 5.32 Å². The lowest BCUT2D eigenvalue weighted by atomic mass is 10.1. The van der Waals surface area contributed by atoms with E-state index in [9.17, 15) is 0 Å². The highest BCUT2D eigenvalue weighted by Crippen LogP contribution is 2.30. The standard InChI is InChI=1S/C15H16N4S/c1-11(14-8-5-9-20-14)17-13-7-4-3-6-12(13)15-18-16-10-19(15)2/h3-11,17H,1-2H3. The zero-order chi connectivity index (χ0) is 13.9. The van der Waals surface area contributed by atoms with E-state index >= 15 is 0 Å². The second kappa shape index (κ2) is 5.46. The van der Waals surface area contributed by atoms with E-state index in [1.807, 2.05) is 23.7 Å². The first-order chi connectivity index (χ1) is 9.75. The first-order valence-electron chi connectivity index (χ1n) is 6.49. The molecule has 0 aliphatic carbocycles. The predicted molar refractivity (Wildman–Crippen MR) is 82.8 cm³/mol. The molecule has 2 heterocycles. The van der Waals surface area contributed by atoms with Crippen LogP contribution >= 0.6 is 11.3 Å². The van der Waals surface area contributed by atoms with Crippen LogP contribution in [0.15, 0.2) is 48.1 Å². The Morgan fingerprint density at radius 2 is 2.05 bits per heavy atom. The minimum Gasteiger partial charge on any atom is -0.377 e. The van der Waals surface area contributed by atoms with E-state index in [4.69, 9.17) is 0 Å². The lowest BCUT2D eigenvalue weighted by Crippen LogP contribution is -2.06. The maximum absolute atomic E-state index is 4.19. The van der Waals surface area contributed by atoms with Gasteiger partial charge in [0.2, 0.25) is 0 Å². The number of hydrogen-bond donors (Lipinski definition) is 1. The Bertz CT molecular complexity index is 687. The molecule has 1 N–H and O–H groups in total. The van der Waals surface area contributed by atoms with Gasteiger partial charge in [0.05, 0.1) is 6.04 Å². The van der Waals surface area contributed by atoms with E-state index < -0.39 is 0 Å². The van der Waals surface area contributed by atoms with Crippen molar-refractivity contribution in [3.8, 4) is 11.4 Å². The molecule has 20 heavy (non-hydrogen) atoms. The van der Waals surface area contributed by atoms with Crippen LogP contribution in [0, 0.1) is 0 Å². The Morgan fingerprint density at radius 1 is 1.20 bits per heavy atom. The molecular formula is C15H16N4S. The molecule has 5 heteroatoms. The van der Waals surface area contributed by atoms with Gasteiger partial charge in [0.1, 0.15) is 6.33 Å². The number of para-hydroxylation sites is 1. The van der Waals surface area contributed by atoms with Gasteiger partial charge in [-0.3, -0.25) is 0 Å². The zero-order valence-electron chi connectivity index (χ0n) is 11.4. The van der Waals surface area contributed by atoms with Crippen LogP contribution in [-0.2, 0) is 7.05 Å². The summed E-state index contributed by atoms with van der Waals surface area (Å²) in [5, 5.41) is 13.8. The molecule has 0 spiro atoms. The first-order valence-corrected chi connectivity index (χ1v) is 7.37. The van der Waals surface area contributed by atoms with Gasteiger partial charge in [0.25, 0.3) is 0 Å². The van der Waals surface area contributed by atoms with Gasteiger partial charge in [-0.25, -0.2) is 0 Å². The number of nitrogens with zero attached hydrogens (tertiary/aromatic N) is 3. The van der Waals surface area contributed by atoms with E-state index in [1.165, 1.54) is 4.88 Å². The molecule has 1 atom stereocenters. The minimum absolute atomic E-state index is 0.268. The van der Waals surface area contributed by atoms with Crippen LogP contribution in [0.4, 0.5) is 5.69 Å². The average Bonchev–Trinajstić information content (AvgIpc) is 3.10. The zero-order valence-corrected chi connectivity index (χ0v) is 12.3. The number of aromatic nitrogens is 3. The van der Waals surface area contributed by atoms with Crippen molar-refractivity contribution in [1.29, 1.82) is 0 Å². The average molecular weight is 284 g/mol. The highest BCUT2D eigenvalue weighted by Gasteiger charge is 2.12. The van der Waals surface area contributed by atoms with Gasteiger partial charge >= 0.3 is 0 Å². The third-order valence-corrected chi connectivity index (χ3v) is 4.28. The number of rotatable bonds is 4. The molecule has 1 unspecified atom stereocenters. The summed E-state index contributed by atoms with van der Waals surface area (Å²) in [6.07, 6.45) is 1.72. The SMILES string of the molecule is CC(Nc1ccccc1-c1nncn1C)c1cccs1. The van der Waals surface area contributed by atoms with Gasteiger partial charge < -0.3 is 9.88 Å². The molecule has 0 aliphatic heterocycles. The van der Waals surface area contributed by atoms with Crippen molar-refractivity contribution in [2.24, 2.45) is 7.05 Å². The lowest BCUT2D eigenvalue weighted by molar-refractivity contribution is 0.900. The largest absolute Gasteiger partial charge is 0.377 e. The fourth-order valence-corrected chi connectivity index (χ4v) is 2.91. The van der Waals surface area contributed by atoms with Gasteiger partial charge in [0, 0.05) is 23.2 Å². The van der Waals surface area contributed by atoms with Crippen LogP contribution in [0.3, 0.4) is 0 Å². The molecule has 3 rings (SSSR count). The number of nitrogens with one attached hydrogen (secondary N) is 1. The van der Waals surface area contributed by atoms with E-state index in [2.05, 4.69) is 52.1 Å². The topological polar surface area (TPSA) is 42.7 Å². The predicted octanol–water partition coefficient (Wildman–Crippen LogP) is 3.72. The molecule has 102 valence electrons. The highest BCUT2D eigenvalue weighted by molar-refractivity contribution is 7.10. The van der Waals surface area contributed by atoms with Crippen LogP contribution in [-0.4, -0.2) is 14.8 Å². The van der Waals surface area contributed by atoms with Crippen LogP contribution in [0.5, 0.6) is 0 Å². The Labute approximate surface area is 122 Å². The summed E-state index contributed by atoms with van der Waals surface area (Å²) in [6.45, 7) is 2.17. The van der Waals surface area contributed by atoms with Crippen LogP contribution in [0.25, 0.3) is 11.4 Å². The Balaban J connectivity index is 1.93. The van der Waals surface area contributed by atoms with Crippen LogP contribution in [0.1, 0.15) is 17.8 Å². The maximum atomic E-state index is 4.19. The lowest BCUT2D eigenvalue weighted by Gasteiger charge is -2.16. The number of aryl methyl sites for hydroxylation is 1. The molecule has 2 aromatic heterocycles. The van der Waals surface area contributed by atoms with Crippen molar-refractivity contribution in [2.75, 3.05) is 5.32 Å². The quantitative estimate of drug-likeness (QED) is 0.794. The van der Waals surface area contributed by atoms with Crippen molar-refractivity contribution >= 4 is 17.0 Å². The van der Waals surface area contributed by atoms with Crippen molar-refractivity contribution in [3.63, 3.8) is 0 Å². The van der Waals surface area contributed by atoms with Crippen molar-refractivity contribution in [2.45, 2.75) is 13.0 Å². The van der Waals surface area contributed by atoms with Crippen molar-refractivity contribution in [1.82, 2.24) is 14.8 Å².